The van der Waals surface area contributed by atoms with Crippen LogP contribution in [0.4, 0.5) is 0 Å². The molecule has 18 unspecified atom stereocenters. The van der Waals surface area contributed by atoms with Gasteiger partial charge in [0.05, 0.1) is 50.7 Å². The average molecular weight is 1430 g/mol. The summed E-state index contributed by atoms with van der Waals surface area (Å²) >= 11 is 0. The Labute approximate surface area is 600 Å². The largest absolute Gasteiger partial charge is 0.477 e. The molecule has 3 aliphatic rings. The lowest BCUT2D eigenvalue weighted by Gasteiger charge is -2.50. The van der Waals surface area contributed by atoms with E-state index in [2.05, 4.69) is 48.8 Å². The van der Waals surface area contributed by atoms with Crippen molar-refractivity contribution in [2.75, 3.05) is 26.4 Å². The molecule has 0 aromatic carbocycles. The zero-order valence-corrected chi connectivity index (χ0v) is 61.8. The van der Waals surface area contributed by atoms with Crippen molar-refractivity contribution in [1.29, 1.82) is 0 Å². The van der Waals surface area contributed by atoms with Gasteiger partial charge in [-0.05, 0) is 44.9 Å². The second kappa shape index (κ2) is 56.5. The Bertz CT molecular complexity index is 2100. The number of ether oxygens (including phenoxy) is 6. The highest BCUT2D eigenvalue weighted by molar-refractivity contribution is 5.77. The summed E-state index contributed by atoms with van der Waals surface area (Å²) in [5.74, 6) is -6.10. The topological polar surface area (TPSA) is 373 Å². The summed E-state index contributed by atoms with van der Waals surface area (Å²) in [5, 5.41) is 136. The van der Waals surface area contributed by atoms with Gasteiger partial charge in [0.25, 0.3) is 5.79 Å². The van der Waals surface area contributed by atoms with Crippen molar-refractivity contribution in [3.05, 3.63) is 24.3 Å². The Morgan fingerprint density at radius 1 is 0.520 bits per heavy atom. The lowest BCUT2D eigenvalue weighted by molar-refractivity contribution is -0.386. The maximum atomic E-state index is 13.5. The minimum absolute atomic E-state index is 0.225. The number of hydrogen-bond acceptors (Lipinski definition) is 20. The number of carbonyl (C=O) groups excluding carboxylic acids is 2. The fourth-order valence-corrected chi connectivity index (χ4v) is 13.9. The summed E-state index contributed by atoms with van der Waals surface area (Å²) in [6.45, 7) is 2.23. The van der Waals surface area contributed by atoms with Gasteiger partial charge in [0, 0.05) is 19.8 Å². The summed E-state index contributed by atoms with van der Waals surface area (Å²) < 4.78 is 34.9. The Hall–Kier alpha value is -2.79. The van der Waals surface area contributed by atoms with Crippen molar-refractivity contribution >= 4 is 17.8 Å². The van der Waals surface area contributed by atoms with E-state index in [-0.39, 0.29) is 18.9 Å². The number of unbranched alkanes of at least 4 members (excludes halogenated alkanes) is 38. The molecular formula is C77H142N2O21. The monoisotopic (exact) mass is 1430 g/mol. The summed E-state index contributed by atoms with van der Waals surface area (Å²) in [6, 6.07) is -2.53. The van der Waals surface area contributed by atoms with Crippen LogP contribution in [0.5, 0.6) is 0 Å². The number of rotatable bonds is 62. The molecule has 0 aromatic heterocycles. The number of carboxylic acids is 1. The standard InChI is InChI=1S/C77H142N2O21/c1-4-6-8-10-12-14-16-18-20-21-22-23-24-25-26-27-28-29-30-31-32-33-34-35-37-39-41-43-45-47-49-51-64(87)79-58(59(84)50-48-46-44-42-40-38-36-19-17-15-13-11-9-7-5-2)56-95-74-69(91)68(90)71(63(55-82)97-74)98-75-70(92)73(67(89)62(54-81)96-75)100-77(76(93)94)52-60(85)65(78-57(3)83)72(99-77)66(88)61(86)53-80/h22-23,25-26,58-63,65-75,80-82,84-86,88-92H,4-21,24,27-56H2,1-3H3,(H,78,83)(H,79,87)(H,93,94)/b23-22-,26-25-. The van der Waals surface area contributed by atoms with Crippen molar-refractivity contribution in [2.45, 2.75) is 420 Å². The molecule has 3 fully saturated rings. The molecule has 3 heterocycles. The Morgan fingerprint density at radius 3 is 1.40 bits per heavy atom. The normalized spacial score (nSPS) is 27.0. The number of aliphatic hydroxyl groups excluding tert-OH is 11. The SMILES string of the molecule is CCCCCCCCCCC/C=C\C/C=C\CCCCCCCCCCCCCCCCCC(=O)NC(COC1OC(CO)C(OC2OC(CO)C(O)C(OC3(C(=O)O)CC(O)C(NC(C)=O)C(C(O)C(O)CO)O3)C2O)C(O)C1O)C(O)CCCCCCCCCCCCCCCCC. The first-order chi connectivity index (χ1) is 48.4. The second-order valence-corrected chi connectivity index (χ2v) is 28.9. The van der Waals surface area contributed by atoms with Crippen molar-refractivity contribution in [2.24, 2.45) is 0 Å². The fraction of sp³-hybridized carbons (Fsp3) is 0.909. The fourth-order valence-electron chi connectivity index (χ4n) is 13.9. The van der Waals surface area contributed by atoms with E-state index in [9.17, 15) is 75.7 Å². The number of nitrogens with one attached hydrogen (secondary N) is 2. The van der Waals surface area contributed by atoms with Gasteiger partial charge >= 0.3 is 5.97 Å². The van der Waals surface area contributed by atoms with Crippen LogP contribution in [-0.4, -0.2) is 215 Å². The molecule has 100 heavy (non-hydrogen) atoms. The van der Waals surface area contributed by atoms with Crippen LogP contribution in [0.15, 0.2) is 24.3 Å². The van der Waals surface area contributed by atoms with Crippen LogP contribution in [0.2, 0.25) is 0 Å². The molecule has 0 radical (unpaired) electrons. The highest BCUT2D eigenvalue weighted by atomic mass is 16.8. The third kappa shape index (κ3) is 37.0. The number of aliphatic hydroxyl groups is 11. The van der Waals surface area contributed by atoms with Gasteiger partial charge in [-0.25, -0.2) is 4.79 Å². The Kier molecular flexibility index (Phi) is 51.7. The highest BCUT2D eigenvalue weighted by Gasteiger charge is 2.60. The predicted molar refractivity (Wildman–Crippen MR) is 385 cm³/mol. The number of hydrogen-bond donors (Lipinski definition) is 14. The molecule has 2 amide bonds. The number of carboxylic acid groups (broad SMARTS) is 1. The molecule has 0 saturated carbocycles. The van der Waals surface area contributed by atoms with Crippen LogP contribution >= 0.6 is 0 Å². The molecule has 23 heteroatoms. The molecule has 18 atom stereocenters. The first kappa shape index (κ1) is 91.4. The molecule has 3 rings (SSSR count). The number of allylic oxidation sites excluding steroid dienone is 4. The van der Waals surface area contributed by atoms with E-state index in [1.54, 1.807) is 0 Å². The molecule has 3 aliphatic heterocycles. The van der Waals surface area contributed by atoms with Crippen molar-refractivity contribution < 1.29 is 104 Å². The molecule has 586 valence electrons. The van der Waals surface area contributed by atoms with Crippen LogP contribution < -0.4 is 10.6 Å². The lowest BCUT2D eigenvalue weighted by Crippen LogP contribution is -2.70. The van der Waals surface area contributed by atoms with E-state index in [0.29, 0.717) is 19.3 Å². The highest BCUT2D eigenvalue weighted by Crippen LogP contribution is 2.39. The minimum atomic E-state index is -3.08. The summed E-state index contributed by atoms with van der Waals surface area (Å²) in [4.78, 5) is 38.7. The van der Waals surface area contributed by atoms with Gasteiger partial charge in [0.1, 0.15) is 67.1 Å². The first-order valence-electron chi connectivity index (χ1n) is 39.7. The summed E-state index contributed by atoms with van der Waals surface area (Å²) in [6.07, 6.45) is 31.8. The maximum absolute atomic E-state index is 13.5. The lowest BCUT2D eigenvalue weighted by atomic mass is 9.88. The Balaban J connectivity index is 1.48. The van der Waals surface area contributed by atoms with E-state index < -0.39 is 148 Å². The molecule has 3 saturated heterocycles. The van der Waals surface area contributed by atoms with Gasteiger partial charge in [0.2, 0.25) is 11.8 Å². The van der Waals surface area contributed by atoms with E-state index in [1.807, 2.05) is 0 Å². The third-order valence-electron chi connectivity index (χ3n) is 20.2. The third-order valence-corrected chi connectivity index (χ3v) is 20.2. The van der Waals surface area contributed by atoms with E-state index in [1.165, 1.54) is 199 Å². The summed E-state index contributed by atoms with van der Waals surface area (Å²) in [7, 11) is 0. The van der Waals surface area contributed by atoms with Gasteiger partial charge in [-0.1, -0.05) is 269 Å². The van der Waals surface area contributed by atoms with Crippen molar-refractivity contribution in [3.63, 3.8) is 0 Å². The van der Waals surface area contributed by atoms with Crippen molar-refractivity contribution in [3.8, 4) is 0 Å². The number of carbonyl (C=O) groups is 3. The molecule has 0 aromatic rings. The smallest absolute Gasteiger partial charge is 0.364 e. The van der Waals surface area contributed by atoms with Gasteiger partial charge in [-0.3, -0.25) is 9.59 Å². The van der Waals surface area contributed by atoms with Gasteiger partial charge in [0.15, 0.2) is 12.6 Å². The zero-order chi connectivity index (χ0) is 73.2. The molecule has 14 N–H and O–H groups in total. The average Bonchev–Trinajstić information content (AvgIpc) is 0.748. The first-order valence-corrected chi connectivity index (χ1v) is 39.7. The van der Waals surface area contributed by atoms with Crippen LogP contribution in [0.3, 0.4) is 0 Å². The Morgan fingerprint density at radius 2 is 0.960 bits per heavy atom. The zero-order valence-electron chi connectivity index (χ0n) is 61.8. The van der Waals surface area contributed by atoms with Gasteiger partial charge in [-0.2, -0.15) is 0 Å². The molecule has 0 bridgehead atoms. The molecule has 23 nitrogen and oxygen atoms in total. The van der Waals surface area contributed by atoms with E-state index in [4.69, 9.17) is 28.4 Å². The second-order valence-electron chi connectivity index (χ2n) is 28.9. The number of aliphatic carboxylic acids is 1. The van der Waals surface area contributed by atoms with Gasteiger partial charge < -0.3 is 100 Å². The summed E-state index contributed by atoms with van der Waals surface area (Å²) in [5.41, 5.74) is 0. The molecule has 0 spiro atoms. The van der Waals surface area contributed by atoms with Crippen LogP contribution in [0, 0.1) is 0 Å². The van der Waals surface area contributed by atoms with Gasteiger partial charge in [-0.15, -0.1) is 0 Å². The van der Waals surface area contributed by atoms with Crippen LogP contribution in [0.1, 0.15) is 310 Å². The van der Waals surface area contributed by atoms with Crippen LogP contribution in [0.25, 0.3) is 0 Å². The molecule has 0 aliphatic carbocycles. The van der Waals surface area contributed by atoms with Crippen molar-refractivity contribution in [1.82, 2.24) is 10.6 Å². The predicted octanol–water partition coefficient (Wildman–Crippen LogP) is 9.96. The molecular weight excluding hydrogens is 1290 g/mol. The maximum Gasteiger partial charge on any atom is 0.364 e. The van der Waals surface area contributed by atoms with Crippen LogP contribution in [-0.2, 0) is 42.8 Å². The number of amides is 2. The minimum Gasteiger partial charge on any atom is -0.477 e. The quantitative estimate of drug-likeness (QED) is 0.0199. The van der Waals surface area contributed by atoms with E-state index >= 15 is 0 Å². The van der Waals surface area contributed by atoms with E-state index in [0.717, 1.165) is 64.7 Å².